The number of furan rings is 2. The molecule has 14 aromatic carbocycles. The summed E-state index contributed by atoms with van der Waals surface area (Å²) < 4.78 is 18.8. The highest BCUT2D eigenvalue weighted by Crippen LogP contribution is 2.52. The van der Waals surface area contributed by atoms with Crippen molar-refractivity contribution in [2.75, 3.05) is 9.80 Å². The zero-order chi connectivity index (χ0) is 56.1. The lowest BCUT2D eigenvalue weighted by atomic mass is 9.98. The standard InChI is InChI=1S/C80H48N4O2/c1-3-21-49(22-4-1)51-25-7-11-35-63(51)81(71-41-17-31-59-55-27-9-13-43-73(55)85-79(59)71)65-37-15-29-57-53(65)45-47-67-75(57)61-33-19-39-69-77(61)83(67)70-40-20-34-62-76-58-30-16-38-66(54(58)46-48-68(76)84(69)78(62)70)82(64-36-12-8-26-52(64)50-23-5-2-6-24-50)72-42-18-32-60-56-28-10-14-44-74(56)86-80(60)72/h1-48H. The van der Waals surface area contributed by atoms with Crippen LogP contribution in [-0.4, -0.2) is 8.80 Å². The van der Waals surface area contributed by atoms with Crippen molar-refractivity contribution in [2.24, 2.45) is 0 Å². The number of benzene rings is 14. The number of aromatic nitrogens is 2. The van der Waals surface area contributed by atoms with Gasteiger partial charge in [-0.25, -0.2) is 0 Å². The second kappa shape index (κ2) is 18.0. The predicted molar refractivity (Wildman–Crippen MR) is 359 cm³/mol. The van der Waals surface area contributed by atoms with E-state index in [9.17, 15) is 0 Å². The molecule has 5 aromatic heterocycles. The van der Waals surface area contributed by atoms with E-state index in [4.69, 9.17) is 8.83 Å². The van der Waals surface area contributed by atoms with Gasteiger partial charge in [0.15, 0.2) is 11.2 Å². The van der Waals surface area contributed by atoms with Gasteiger partial charge in [-0.15, -0.1) is 0 Å². The molecule has 5 heterocycles. The van der Waals surface area contributed by atoms with Crippen molar-refractivity contribution in [1.82, 2.24) is 8.80 Å². The van der Waals surface area contributed by atoms with E-state index in [0.29, 0.717) is 0 Å². The molecule has 86 heavy (non-hydrogen) atoms. The van der Waals surface area contributed by atoms with Crippen LogP contribution in [0.2, 0.25) is 0 Å². The summed E-state index contributed by atoms with van der Waals surface area (Å²) in [5.41, 5.74) is 21.2. The first kappa shape index (κ1) is 46.9. The third-order valence-electron chi connectivity index (χ3n) is 18.2. The highest BCUT2D eigenvalue weighted by Gasteiger charge is 2.29. The first-order chi connectivity index (χ1) is 42.7. The van der Waals surface area contributed by atoms with Crippen LogP contribution in [0.25, 0.3) is 142 Å². The van der Waals surface area contributed by atoms with Crippen molar-refractivity contribution in [3.05, 3.63) is 291 Å². The fraction of sp³-hybridized carbons (Fsp3) is 0. The smallest absolute Gasteiger partial charge is 0.159 e. The highest BCUT2D eigenvalue weighted by atomic mass is 16.3. The number of rotatable bonds is 8. The molecule has 0 fully saturated rings. The zero-order valence-electron chi connectivity index (χ0n) is 46.3. The normalized spacial score (nSPS) is 12.2. The molecule has 0 atom stereocenters. The molecule has 0 aliphatic carbocycles. The SMILES string of the molecule is c1ccc(-c2ccccc2N(c2cccc3c2ccc2c3c3cccc4c3n2c2cccc3c5c6cccc(N(c7ccccc7-c7ccccc7)c7cccc8c7oc7ccccc78)c6ccc5n4c32)c2cccc3c2oc2ccccc23)cc1. The number of nitrogens with zero attached hydrogens (tertiary/aromatic N) is 4. The molecule has 0 saturated carbocycles. The van der Waals surface area contributed by atoms with Crippen molar-refractivity contribution >= 4 is 154 Å². The third kappa shape index (κ3) is 6.49. The fourth-order valence-corrected chi connectivity index (χ4v) is 14.7. The number of fused-ring (bicyclic) bond motifs is 18. The predicted octanol–water partition coefficient (Wildman–Crippen LogP) is 22.6. The summed E-state index contributed by atoms with van der Waals surface area (Å²) in [6.45, 7) is 0. The minimum atomic E-state index is 0.846. The Balaban J connectivity index is 0.857. The Kier molecular flexibility index (Phi) is 9.80. The molecule has 0 spiro atoms. The lowest BCUT2D eigenvalue weighted by Crippen LogP contribution is -2.12. The van der Waals surface area contributed by atoms with E-state index in [1.54, 1.807) is 0 Å². The first-order valence-corrected chi connectivity index (χ1v) is 29.4. The van der Waals surface area contributed by atoms with Gasteiger partial charge in [-0.3, -0.25) is 0 Å². The average molecular weight is 1100 g/mol. The molecule has 0 bridgehead atoms. The van der Waals surface area contributed by atoms with Crippen LogP contribution in [0.5, 0.6) is 0 Å². The molecular weight excluding hydrogens is 1050 g/mol. The Hall–Kier alpha value is -11.6. The highest BCUT2D eigenvalue weighted by molar-refractivity contribution is 6.31. The summed E-state index contributed by atoms with van der Waals surface area (Å²) in [6, 6.07) is 106. The molecule has 0 N–H and O–H groups in total. The van der Waals surface area contributed by atoms with Crippen molar-refractivity contribution in [1.29, 1.82) is 0 Å². The molecule has 0 unspecified atom stereocenters. The molecule has 6 heteroatoms. The molecule has 0 radical (unpaired) electrons. The van der Waals surface area contributed by atoms with Crippen molar-refractivity contribution < 1.29 is 8.83 Å². The van der Waals surface area contributed by atoms with E-state index in [0.717, 1.165) is 133 Å². The van der Waals surface area contributed by atoms with E-state index in [1.165, 1.54) is 43.4 Å². The maximum atomic E-state index is 6.88. The van der Waals surface area contributed by atoms with Crippen LogP contribution in [0.3, 0.4) is 0 Å². The fourth-order valence-electron chi connectivity index (χ4n) is 14.7. The minimum Gasteiger partial charge on any atom is -0.454 e. The van der Waals surface area contributed by atoms with Gasteiger partial charge in [-0.05, 0) is 94.7 Å². The van der Waals surface area contributed by atoms with E-state index in [1.807, 2.05) is 12.1 Å². The lowest BCUT2D eigenvalue weighted by Gasteiger charge is -2.29. The van der Waals surface area contributed by atoms with E-state index in [-0.39, 0.29) is 0 Å². The van der Waals surface area contributed by atoms with Crippen LogP contribution in [-0.2, 0) is 0 Å². The summed E-state index contributed by atoms with van der Waals surface area (Å²) in [4.78, 5) is 4.86. The number of para-hydroxylation sites is 8. The van der Waals surface area contributed by atoms with Crippen LogP contribution >= 0.6 is 0 Å². The quantitative estimate of drug-likeness (QED) is 0.142. The molecule has 400 valence electrons. The van der Waals surface area contributed by atoms with Gasteiger partial charge in [0.25, 0.3) is 0 Å². The molecule has 0 aliphatic heterocycles. The molecule has 6 nitrogen and oxygen atoms in total. The van der Waals surface area contributed by atoms with Crippen LogP contribution in [0.15, 0.2) is 300 Å². The van der Waals surface area contributed by atoms with Gasteiger partial charge in [0, 0.05) is 65.0 Å². The Morgan fingerprint density at radius 3 is 1.03 bits per heavy atom. The van der Waals surface area contributed by atoms with E-state index >= 15 is 0 Å². The summed E-state index contributed by atoms with van der Waals surface area (Å²) in [7, 11) is 0. The largest absolute Gasteiger partial charge is 0.454 e. The molecule has 0 aliphatic rings. The molecule has 19 rings (SSSR count). The summed E-state index contributed by atoms with van der Waals surface area (Å²) in [5, 5.41) is 13.9. The molecular formula is C80H48N4O2. The Morgan fingerprint density at radius 1 is 0.221 bits per heavy atom. The maximum Gasteiger partial charge on any atom is 0.159 e. The number of anilines is 6. The van der Waals surface area contributed by atoms with E-state index in [2.05, 4.69) is 298 Å². The number of hydrogen-bond donors (Lipinski definition) is 0. The first-order valence-electron chi connectivity index (χ1n) is 29.4. The van der Waals surface area contributed by atoms with Gasteiger partial charge in [0.2, 0.25) is 0 Å². The number of hydrogen-bond acceptors (Lipinski definition) is 4. The van der Waals surface area contributed by atoms with Crippen molar-refractivity contribution in [2.45, 2.75) is 0 Å². The second-order valence-electron chi connectivity index (χ2n) is 22.6. The van der Waals surface area contributed by atoms with Crippen molar-refractivity contribution in [3.63, 3.8) is 0 Å². The maximum absolute atomic E-state index is 6.88. The lowest BCUT2D eigenvalue weighted by molar-refractivity contribution is 0.669. The van der Waals surface area contributed by atoms with Crippen LogP contribution < -0.4 is 9.80 Å². The Bertz CT molecular complexity index is 5620. The van der Waals surface area contributed by atoms with Gasteiger partial charge in [0.05, 0.1) is 67.2 Å². The molecule has 0 saturated heterocycles. The van der Waals surface area contributed by atoms with Gasteiger partial charge in [0.1, 0.15) is 11.2 Å². The van der Waals surface area contributed by atoms with Gasteiger partial charge < -0.3 is 27.4 Å². The second-order valence-corrected chi connectivity index (χ2v) is 22.6. The molecule has 0 amide bonds. The van der Waals surface area contributed by atoms with Gasteiger partial charge in [-0.2, -0.15) is 0 Å². The minimum absolute atomic E-state index is 0.846. The van der Waals surface area contributed by atoms with Gasteiger partial charge >= 0.3 is 0 Å². The summed E-state index contributed by atoms with van der Waals surface area (Å²) in [6.07, 6.45) is 0. The van der Waals surface area contributed by atoms with E-state index < -0.39 is 0 Å². The van der Waals surface area contributed by atoms with Crippen LogP contribution in [0.4, 0.5) is 34.1 Å². The summed E-state index contributed by atoms with van der Waals surface area (Å²) in [5.74, 6) is 0. The third-order valence-corrected chi connectivity index (χ3v) is 18.2. The van der Waals surface area contributed by atoms with Crippen LogP contribution in [0, 0.1) is 0 Å². The van der Waals surface area contributed by atoms with Crippen LogP contribution in [0.1, 0.15) is 0 Å². The van der Waals surface area contributed by atoms with Crippen molar-refractivity contribution in [3.8, 4) is 22.3 Å². The zero-order valence-corrected chi connectivity index (χ0v) is 46.3. The summed E-state index contributed by atoms with van der Waals surface area (Å²) >= 11 is 0. The Labute approximate surface area is 492 Å². The molecule has 19 aromatic rings. The topological polar surface area (TPSA) is 41.6 Å². The van der Waals surface area contributed by atoms with Gasteiger partial charge in [-0.1, -0.05) is 218 Å². The average Bonchev–Trinajstić information content (AvgIpc) is 1.72. The monoisotopic (exact) mass is 1100 g/mol. The Morgan fingerprint density at radius 2 is 0.570 bits per heavy atom.